The van der Waals surface area contributed by atoms with Gasteiger partial charge in [0.2, 0.25) is 11.8 Å². The van der Waals surface area contributed by atoms with Crippen molar-refractivity contribution in [2.75, 3.05) is 18.0 Å². The number of nitrogens with zero attached hydrogens (tertiary/aromatic N) is 1. The van der Waals surface area contributed by atoms with E-state index in [0.717, 1.165) is 12.8 Å². The maximum absolute atomic E-state index is 14.7. The molecule has 4 rings (SSSR count). The lowest BCUT2D eigenvalue weighted by atomic mass is 9.85. The maximum Gasteiger partial charge on any atom is 0.407 e. The van der Waals surface area contributed by atoms with Crippen LogP contribution in [0, 0.1) is 17.6 Å². The van der Waals surface area contributed by atoms with E-state index in [4.69, 9.17) is 4.74 Å². The molecule has 3 aliphatic rings. The highest BCUT2D eigenvalue weighted by atomic mass is 19.1. The lowest BCUT2D eigenvalue weighted by Crippen LogP contribution is -2.54. The molecule has 3 fully saturated rings. The SMILES string of the molecule is C[C@H](NC(=O)OC1CN(c2cc(F)c(C3CCC(=O)NC3=O)c(F)c2)C1)C1CCCCC1. The van der Waals surface area contributed by atoms with Gasteiger partial charge in [-0.2, -0.15) is 0 Å². The van der Waals surface area contributed by atoms with Crippen molar-refractivity contribution in [3.05, 3.63) is 29.3 Å². The molecule has 2 saturated heterocycles. The minimum Gasteiger partial charge on any atom is -0.442 e. The zero-order chi connectivity index (χ0) is 22.8. The number of rotatable bonds is 5. The lowest BCUT2D eigenvalue weighted by molar-refractivity contribution is -0.134. The molecule has 3 amide bonds. The quantitative estimate of drug-likeness (QED) is 0.673. The Morgan fingerprint density at radius 2 is 1.78 bits per heavy atom. The Morgan fingerprint density at radius 1 is 1.12 bits per heavy atom. The summed E-state index contributed by atoms with van der Waals surface area (Å²) >= 11 is 0. The number of imide groups is 1. The standard InChI is InChI=1S/C23H29F2N3O4/c1-13(14-5-3-2-4-6-14)26-23(31)32-16-11-28(12-16)15-9-18(24)21(19(25)10-15)17-7-8-20(29)27-22(17)30/h9-10,13-14,16-17H,2-8,11-12H2,1H3,(H,26,31)(H,27,29,30)/t13-,17?/m0/s1. The molecule has 2 N–H and O–H groups in total. The van der Waals surface area contributed by atoms with Crippen LogP contribution in [0.4, 0.5) is 19.3 Å². The number of carbonyl (C=O) groups is 3. The minimum atomic E-state index is -1.02. The van der Waals surface area contributed by atoms with Gasteiger partial charge >= 0.3 is 6.09 Å². The molecule has 1 unspecified atom stereocenters. The molecule has 0 spiro atoms. The summed E-state index contributed by atoms with van der Waals surface area (Å²) in [5.74, 6) is -3.31. The van der Waals surface area contributed by atoms with E-state index in [1.165, 1.54) is 31.4 Å². The van der Waals surface area contributed by atoms with Crippen molar-refractivity contribution < 1.29 is 27.9 Å². The van der Waals surface area contributed by atoms with E-state index in [9.17, 15) is 23.2 Å². The van der Waals surface area contributed by atoms with Crippen LogP contribution < -0.4 is 15.5 Å². The normalized spacial score (nSPS) is 23.3. The number of anilines is 1. The number of nitrogens with one attached hydrogen (secondary N) is 2. The number of piperidine rings is 1. The number of benzene rings is 1. The molecule has 9 heteroatoms. The van der Waals surface area contributed by atoms with E-state index in [0.29, 0.717) is 24.7 Å². The number of hydrogen-bond acceptors (Lipinski definition) is 5. The molecule has 1 aromatic carbocycles. The third-order valence-corrected chi connectivity index (χ3v) is 6.84. The Hall–Kier alpha value is -2.71. The Balaban J connectivity index is 1.30. The van der Waals surface area contributed by atoms with Crippen molar-refractivity contribution in [1.82, 2.24) is 10.6 Å². The summed E-state index contributed by atoms with van der Waals surface area (Å²) in [5.41, 5.74) is 0.00928. The van der Waals surface area contributed by atoms with Crippen LogP contribution in [0.2, 0.25) is 0 Å². The Morgan fingerprint density at radius 3 is 2.41 bits per heavy atom. The third-order valence-electron chi connectivity index (χ3n) is 6.84. The Kier molecular flexibility index (Phi) is 6.62. The van der Waals surface area contributed by atoms with Crippen molar-refractivity contribution in [2.24, 2.45) is 5.92 Å². The largest absolute Gasteiger partial charge is 0.442 e. The first-order valence-electron chi connectivity index (χ1n) is 11.4. The second-order valence-electron chi connectivity index (χ2n) is 9.09. The van der Waals surface area contributed by atoms with Gasteiger partial charge in [0.05, 0.1) is 19.0 Å². The summed E-state index contributed by atoms with van der Waals surface area (Å²) in [6, 6.07) is 2.43. The van der Waals surface area contributed by atoms with Gasteiger partial charge in [-0.05, 0) is 44.2 Å². The number of hydrogen-bond donors (Lipinski definition) is 2. The second kappa shape index (κ2) is 9.42. The average Bonchev–Trinajstić information content (AvgIpc) is 2.72. The van der Waals surface area contributed by atoms with E-state index in [-0.39, 0.29) is 30.6 Å². The van der Waals surface area contributed by atoms with E-state index < -0.39 is 35.5 Å². The zero-order valence-corrected chi connectivity index (χ0v) is 18.2. The molecule has 0 radical (unpaired) electrons. The first-order chi connectivity index (χ1) is 15.3. The number of halogens is 2. The van der Waals surface area contributed by atoms with Crippen LogP contribution in [-0.4, -0.2) is 43.1 Å². The first-order valence-corrected chi connectivity index (χ1v) is 11.4. The van der Waals surface area contributed by atoms with Crippen molar-refractivity contribution in [3.8, 4) is 0 Å². The molecule has 2 aliphatic heterocycles. The topological polar surface area (TPSA) is 87.7 Å². The van der Waals surface area contributed by atoms with Gasteiger partial charge in [0.15, 0.2) is 0 Å². The average molecular weight is 449 g/mol. The Labute approximate surface area is 185 Å². The van der Waals surface area contributed by atoms with Gasteiger partial charge < -0.3 is 15.0 Å². The highest BCUT2D eigenvalue weighted by Crippen LogP contribution is 2.33. The van der Waals surface area contributed by atoms with Gasteiger partial charge in [-0.25, -0.2) is 13.6 Å². The summed E-state index contributed by atoms with van der Waals surface area (Å²) in [6.45, 7) is 2.67. The first kappa shape index (κ1) is 22.5. The molecule has 32 heavy (non-hydrogen) atoms. The number of alkyl carbamates (subject to hydrolysis) is 1. The predicted molar refractivity (Wildman–Crippen MR) is 113 cm³/mol. The van der Waals surface area contributed by atoms with Crippen LogP contribution in [0.1, 0.15) is 63.4 Å². The smallest absolute Gasteiger partial charge is 0.407 e. The van der Waals surface area contributed by atoms with Crippen LogP contribution in [-0.2, 0) is 14.3 Å². The molecule has 7 nitrogen and oxygen atoms in total. The number of amides is 3. The van der Waals surface area contributed by atoms with Crippen LogP contribution >= 0.6 is 0 Å². The summed E-state index contributed by atoms with van der Waals surface area (Å²) < 4.78 is 34.8. The summed E-state index contributed by atoms with van der Waals surface area (Å²) in [5, 5.41) is 5.04. The van der Waals surface area contributed by atoms with Gasteiger partial charge in [-0.15, -0.1) is 0 Å². The molecular weight excluding hydrogens is 420 g/mol. The second-order valence-corrected chi connectivity index (χ2v) is 9.09. The molecule has 1 saturated carbocycles. The van der Waals surface area contributed by atoms with Gasteiger partial charge in [-0.3, -0.25) is 14.9 Å². The predicted octanol–water partition coefficient (Wildman–Crippen LogP) is 3.37. The van der Waals surface area contributed by atoms with Crippen LogP contribution in [0.3, 0.4) is 0 Å². The van der Waals surface area contributed by atoms with Crippen LogP contribution in [0.15, 0.2) is 12.1 Å². The fraction of sp³-hybridized carbons (Fsp3) is 0.609. The minimum absolute atomic E-state index is 0.0452. The molecule has 1 aromatic rings. The summed E-state index contributed by atoms with van der Waals surface area (Å²) in [7, 11) is 0. The van der Waals surface area contributed by atoms with Gasteiger partial charge in [0.1, 0.15) is 17.7 Å². The van der Waals surface area contributed by atoms with E-state index in [2.05, 4.69) is 10.6 Å². The highest BCUT2D eigenvalue weighted by molar-refractivity contribution is 6.01. The number of carbonyl (C=O) groups excluding carboxylic acids is 3. The van der Waals surface area contributed by atoms with Gasteiger partial charge in [-0.1, -0.05) is 19.3 Å². The van der Waals surface area contributed by atoms with Crippen molar-refractivity contribution in [1.29, 1.82) is 0 Å². The summed E-state index contributed by atoms with van der Waals surface area (Å²) in [4.78, 5) is 37.2. The van der Waals surface area contributed by atoms with Gasteiger partial charge in [0.25, 0.3) is 0 Å². The van der Waals surface area contributed by atoms with Crippen molar-refractivity contribution >= 4 is 23.6 Å². The van der Waals surface area contributed by atoms with Crippen LogP contribution in [0.5, 0.6) is 0 Å². The zero-order valence-electron chi connectivity index (χ0n) is 18.2. The lowest BCUT2D eigenvalue weighted by Gasteiger charge is -2.40. The molecule has 0 bridgehead atoms. The fourth-order valence-electron chi connectivity index (χ4n) is 4.90. The van der Waals surface area contributed by atoms with E-state index >= 15 is 0 Å². The fourth-order valence-corrected chi connectivity index (χ4v) is 4.90. The molecule has 2 atom stereocenters. The van der Waals surface area contributed by atoms with Crippen molar-refractivity contribution in [3.63, 3.8) is 0 Å². The maximum atomic E-state index is 14.7. The monoisotopic (exact) mass is 449 g/mol. The molecular formula is C23H29F2N3O4. The third kappa shape index (κ3) is 4.86. The van der Waals surface area contributed by atoms with E-state index in [1.807, 2.05) is 6.92 Å². The Bertz CT molecular complexity index is 874. The summed E-state index contributed by atoms with van der Waals surface area (Å²) in [6.07, 6.45) is 5.18. The molecule has 2 heterocycles. The molecule has 1 aliphatic carbocycles. The molecule has 174 valence electrons. The highest BCUT2D eigenvalue weighted by Gasteiger charge is 2.35. The van der Waals surface area contributed by atoms with Gasteiger partial charge in [0, 0.05) is 23.7 Å². The van der Waals surface area contributed by atoms with Crippen LogP contribution in [0.25, 0.3) is 0 Å². The molecule has 0 aromatic heterocycles. The van der Waals surface area contributed by atoms with E-state index in [1.54, 1.807) is 4.90 Å². The van der Waals surface area contributed by atoms with Crippen molar-refractivity contribution in [2.45, 2.75) is 69.9 Å². The number of ether oxygens (including phenoxy) is 1.